The van der Waals surface area contributed by atoms with E-state index in [-0.39, 0.29) is 13.2 Å². The Morgan fingerprint density at radius 3 is 1.82 bits per heavy atom. The molecular weight excluding hydrogens is 504 g/mol. The van der Waals surface area contributed by atoms with Gasteiger partial charge < -0.3 is 19.7 Å². The third-order valence-electron chi connectivity index (χ3n) is 7.33. The van der Waals surface area contributed by atoms with Gasteiger partial charge in [-0.05, 0) is 36.3 Å². The third kappa shape index (κ3) is 8.26. The van der Waals surface area contributed by atoms with E-state index in [9.17, 15) is 10.2 Å². The molecule has 0 heterocycles. The molecule has 5 heteroatoms. The summed E-state index contributed by atoms with van der Waals surface area (Å²) >= 11 is 1.79. The van der Waals surface area contributed by atoms with Gasteiger partial charge in [0.25, 0.3) is 0 Å². The number of hydrogen-bond acceptors (Lipinski definition) is 5. The number of hydrogen-bond donors (Lipinski definition) is 2. The number of ether oxygens (including phenoxy) is 2. The van der Waals surface area contributed by atoms with Crippen molar-refractivity contribution in [1.29, 1.82) is 0 Å². The fourth-order valence-electron chi connectivity index (χ4n) is 5.18. The molecule has 3 aromatic rings. The molecule has 210 valence electrons. The highest BCUT2D eigenvalue weighted by Crippen LogP contribution is 2.46. The first kappa shape index (κ1) is 29.5. The van der Waals surface area contributed by atoms with Gasteiger partial charge in [0, 0.05) is 33.2 Å². The third-order valence-corrected chi connectivity index (χ3v) is 8.41. The highest BCUT2D eigenvalue weighted by Gasteiger charge is 2.26. The SMILES string of the molecule is CCCCCC(O)COc1c2c(c(OCC(O)CCCCC)c3ccccc13)CC(Sc1ccccc1)=CC2. The van der Waals surface area contributed by atoms with Crippen molar-refractivity contribution in [3.05, 3.63) is 76.7 Å². The van der Waals surface area contributed by atoms with E-state index < -0.39 is 12.2 Å². The van der Waals surface area contributed by atoms with E-state index in [1.165, 1.54) is 9.80 Å². The Bertz CT molecular complexity index is 1210. The number of allylic oxidation sites excluding steroid dienone is 2. The van der Waals surface area contributed by atoms with E-state index in [4.69, 9.17) is 9.47 Å². The van der Waals surface area contributed by atoms with Gasteiger partial charge in [0.2, 0.25) is 0 Å². The minimum Gasteiger partial charge on any atom is -0.490 e. The molecule has 0 radical (unpaired) electrons. The maximum atomic E-state index is 10.7. The van der Waals surface area contributed by atoms with Crippen LogP contribution in [0, 0.1) is 0 Å². The molecule has 0 saturated heterocycles. The number of benzene rings is 3. The van der Waals surface area contributed by atoms with Crippen molar-refractivity contribution < 1.29 is 19.7 Å². The van der Waals surface area contributed by atoms with Gasteiger partial charge in [0.1, 0.15) is 24.7 Å². The summed E-state index contributed by atoms with van der Waals surface area (Å²) in [6, 6.07) is 18.7. The second-order valence-electron chi connectivity index (χ2n) is 10.5. The fourth-order valence-corrected chi connectivity index (χ4v) is 6.16. The summed E-state index contributed by atoms with van der Waals surface area (Å²) in [5, 5.41) is 23.3. The summed E-state index contributed by atoms with van der Waals surface area (Å²) in [6.07, 6.45) is 10.8. The van der Waals surface area contributed by atoms with Gasteiger partial charge in [-0.15, -0.1) is 0 Å². The van der Waals surface area contributed by atoms with Crippen LogP contribution in [0.15, 0.2) is 70.5 Å². The zero-order valence-corrected chi connectivity index (χ0v) is 24.3. The highest BCUT2D eigenvalue weighted by molar-refractivity contribution is 8.03. The first-order valence-electron chi connectivity index (χ1n) is 14.7. The van der Waals surface area contributed by atoms with Gasteiger partial charge >= 0.3 is 0 Å². The van der Waals surface area contributed by atoms with E-state index >= 15 is 0 Å². The number of aliphatic hydroxyl groups is 2. The van der Waals surface area contributed by atoms with Crippen LogP contribution in [0.1, 0.15) is 76.3 Å². The van der Waals surface area contributed by atoms with Crippen LogP contribution in [0.2, 0.25) is 0 Å². The molecule has 0 aliphatic heterocycles. The van der Waals surface area contributed by atoms with Crippen LogP contribution in [0.3, 0.4) is 0 Å². The number of aliphatic hydroxyl groups excluding tert-OH is 2. The van der Waals surface area contributed by atoms with E-state index in [0.29, 0.717) is 0 Å². The standard InChI is InChI=1S/C34H44O4S/c1-3-5-8-14-25(35)23-37-33-29-18-12-13-19-30(29)34(38-24-26(36)15-9-6-4-2)32-22-28(20-21-31(32)33)39-27-16-10-7-11-17-27/h7,10-13,16-20,25-26,35-36H,3-6,8-9,14-15,21-24H2,1-2H3. The first-order valence-corrected chi connectivity index (χ1v) is 15.5. The second kappa shape index (κ2) is 15.4. The smallest absolute Gasteiger partial charge is 0.131 e. The average molecular weight is 549 g/mol. The lowest BCUT2D eigenvalue weighted by Gasteiger charge is -2.26. The Hall–Kier alpha value is -2.47. The molecule has 0 bridgehead atoms. The van der Waals surface area contributed by atoms with Gasteiger partial charge in [-0.25, -0.2) is 0 Å². The topological polar surface area (TPSA) is 58.9 Å². The minimum absolute atomic E-state index is 0.279. The predicted octanol–water partition coefficient (Wildman–Crippen LogP) is 8.25. The lowest BCUT2D eigenvalue weighted by atomic mass is 9.90. The van der Waals surface area contributed by atoms with Crippen molar-refractivity contribution in [2.45, 2.75) is 95.2 Å². The molecule has 0 fully saturated rings. The van der Waals surface area contributed by atoms with Crippen LogP contribution in [0.5, 0.6) is 11.5 Å². The molecule has 39 heavy (non-hydrogen) atoms. The molecule has 2 N–H and O–H groups in total. The number of unbranched alkanes of at least 4 members (excludes halogenated alkanes) is 4. The minimum atomic E-state index is -0.488. The molecule has 2 atom stereocenters. The number of thioether (sulfide) groups is 1. The number of fused-ring (bicyclic) bond motifs is 2. The largest absolute Gasteiger partial charge is 0.490 e. The van der Waals surface area contributed by atoms with E-state index in [1.54, 1.807) is 11.8 Å². The Morgan fingerprint density at radius 1 is 0.718 bits per heavy atom. The zero-order valence-electron chi connectivity index (χ0n) is 23.5. The summed E-state index contributed by atoms with van der Waals surface area (Å²) in [4.78, 5) is 2.50. The molecular formula is C34H44O4S. The predicted molar refractivity (Wildman–Crippen MR) is 163 cm³/mol. The van der Waals surface area contributed by atoms with Gasteiger partial charge in [-0.1, -0.05) is 113 Å². The van der Waals surface area contributed by atoms with Gasteiger partial charge in [-0.3, -0.25) is 0 Å². The summed E-state index contributed by atoms with van der Waals surface area (Å²) in [6.45, 7) is 4.91. The summed E-state index contributed by atoms with van der Waals surface area (Å²) in [7, 11) is 0. The van der Waals surface area contributed by atoms with Crippen molar-refractivity contribution in [3.63, 3.8) is 0 Å². The van der Waals surface area contributed by atoms with Crippen LogP contribution in [0.4, 0.5) is 0 Å². The van der Waals surface area contributed by atoms with Gasteiger partial charge in [0.05, 0.1) is 12.2 Å². The van der Waals surface area contributed by atoms with Gasteiger partial charge in [-0.2, -0.15) is 0 Å². The first-order chi connectivity index (χ1) is 19.1. The molecule has 0 aromatic heterocycles. The van der Waals surface area contributed by atoms with Crippen molar-refractivity contribution in [1.82, 2.24) is 0 Å². The van der Waals surface area contributed by atoms with Crippen molar-refractivity contribution in [2.75, 3.05) is 13.2 Å². The van der Waals surface area contributed by atoms with Gasteiger partial charge in [0.15, 0.2) is 0 Å². The van der Waals surface area contributed by atoms with Crippen molar-refractivity contribution >= 4 is 22.5 Å². The molecule has 0 saturated carbocycles. The maximum Gasteiger partial charge on any atom is 0.131 e. The second-order valence-corrected chi connectivity index (χ2v) is 11.7. The molecule has 2 unspecified atom stereocenters. The summed E-state index contributed by atoms with van der Waals surface area (Å²) in [5.41, 5.74) is 2.26. The monoisotopic (exact) mass is 548 g/mol. The van der Waals surface area contributed by atoms with Crippen LogP contribution in [-0.2, 0) is 12.8 Å². The van der Waals surface area contributed by atoms with Crippen molar-refractivity contribution in [2.24, 2.45) is 0 Å². The van der Waals surface area contributed by atoms with Crippen LogP contribution in [0.25, 0.3) is 10.8 Å². The van der Waals surface area contributed by atoms with Crippen LogP contribution < -0.4 is 9.47 Å². The molecule has 1 aliphatic carbocycles. The molecule has 0 spiro atoms. The normalized spacial score (nSPS) is 14.5. The van der Waals surface area contributed by atoms with Crippen molar-refractivity contribution in [3.8, 4) is 11.5 Å². The molecule has 4 nitrogen and oxygen atoms in total. The maximum absolute atomic E-state index is 10.7. The zero-order chi connectivity index (χ0) is 27.5. The summed E-state index contributed by atoms with van der Waals surface area (Å²) < 4.78 is 12.9. The summed E-state index contributed by atoms with van der Waals surface area (Å²) in [5.74, 6) is 1.70. The lowest BCUT2D eigenvalue weighted by molar-refractivity contribution is 0.0961. The highest BCUT2D eigenvalue weighted by atomic mass is 32.2. The lowest BCUT2D eigenvalue weighted by Crippen LogP contribution is -2.20. The Morgan fingerprint density at radius 2 is 1.26 bits per heavy atom. The molecule has 4 rings (SSSR count). The van der Waals surface area contributed by atoms with E-state index in [1.807, 2.05) is 18.2 Å². The average Bonchev–Trinajstić information content (AvgIpc) is 2.95. The Labute approximate surface area is 238 Å². The molecule has 0 amide bonds. The number of rotatable bonds is 16. The fraction of sp³-hybridized carbons (Fsp3) is 0.471. The van der Waals surface area contributed by atoms with Crippen LogP contribution in [-0.4, -0.2) is 35.6 Å². The quantitative estimate of drug-likeness (QED) is 0.177. The molecule has 1 aliphatic rings. The van der Waals surface area contributed by atoms with E-state index in [0.717, 1.165) is 97.6 Å². The Kier molecular flexibility index (Phi) is 11.6. The molecule has 3 aromatic carbocycles. The van der Waals surface area contributed by atoms with Crippen LogP contribution >= 0.6 is 11.8 Å². The Balaban J connectivity index is 1.64. The van der Waals surface area contributed by atoms with E-state index in [2.05, 4.69) is 56.3 Å².